The molecule has 0 spiro atoms. The Morgan fingerprint density at radius 3 is 2.52 bits per heavy atom. The third kappa shape index (κ3) is 5.31. The molecule has 2 rings (SSSR count). The van der Waals surface area contributed by atoms with E-state index in [2.05, 4.69) is 10.6 Å². The Hall–Kier alpha value is -2.37. The largest absolute Gasteiger partial charge is 0.481 e. The number of carboxylic acid groups (broad SMARTS) is 1. The summed E-state index contributed by atoms with van der Waals surface area (Å²) in [6.45, 7) is 5.81. The van der Waals surface area contributed by atoms with Gasteiger partial charge in [-0.3, -0.25) is 14.4 Å². The van der Waals surface area contributed by atoms with Crippen LogP contribution >= 0.6 is 0 Å². The highest BCUT2D eigenvalue weighted by molar-refractivity contribution is 5.96. The van der Waals surface area contributed by atoms with Crippen LogP contribution in [0.5, 0.6) is 0 Å². The molecule has 1 aromatic rings. The Bertz CT molecular complexity index is 669. The third-order valence-electron chi connectivity index (χ3n) is 4.47. The maximum atomic E-state index is 12.4. The molecule has 0 saturated heterocycles. The van der Waals surface area contributed by atoms with Crippen LogP contribution in [0.2, 0.25) is 0 Å². The molecule has 0 heterocycles. The van der Waals surface area contributed by atoms with Gasteiger partial charge in [0.1, 0.15) is 0 Å². The first-order chi connectivity index (χ1) is 11.8. The molecule has 0 aliphatic heterocycles. The number of amides is 2. The van der Waals surface area contributed by atoms with E-state index in [0.717, 1.165) is 5.56 Å². The van der Waals surface area contributed by atoms with Crippen LogP contribution in [0, 0.1) is 18.8 Å². The number of benzene rings is 1. The standard InChI is InChI=1S/C19H26N2O4/c1-11(2)8-17(22)21-16-7-5-13(9-12(16)3)18(23)20-15-6-4-14(10-15)19(24)25/h5,7,9,11,14-15H,4,6,8,10H2,1-3H3,(H,20,23)(H,21,22)(H,24,25)/t14-,15+/m1/s1. The van der Waals surface area contributed by atoms with Crippen molar-refractivity contribution in [1.82, 2.24) is 5.32 Å². The lowest BCUT2D eigenvalue weighted by Crippen LogP contribution is -2.33. The molecule has 1 saturated carbocycles. The summed E-state index contributed by atoms with van der Waals surface area (Å²) in [5, 5.41) is 14.8. The van der Waals surface area contributed by atoms with Crippen molar-refractivity contribution in [1.29, 1.82) is 0 Å². The van der Waals surface area contributed by atoms with Crippen molar-refractivity contribution in [2.45, 2.75) is 52.5 Å². The van der Waals surface area contributed by atoms with Crippen LogP contribution in [0.3, 0.4) is 0 Å². The van der Waals surface area contributed by atoms with Crippen LogP contribution in [0.4, 0.5) is 5.69 Å². The minimum atomic E-state index is -0.797. The average molecular weight is 346 g/mol. The molecule has 2 atom stereocenters. The second-order valence-electron chi connectivity index (χ2n) is 7.19. The lowest BCUT2D eigenvalue weighted by Gasteiger charge is -2.14. The number of carboxylic acids is 1. The summed E-state index contributed by atoms with van der Waals surface area (Å²) in [5.74, 6) is -1.13. The topological polar surface area (TPSA) is 95.5 Å². The van der Waals surface area contributed by atoms with Gasteiger partial charge in [0.2, 0.25) is 5.91 Å². The van der Waals surface area contributed by atoms with E-state index in [4.69, 9.17) is 5.11 Å². The van der Waals surface area contributed by atoms with E-state index in [1.165, 1.54) is 0 Å². The number of nitrogens with one attached hydrogen (secondary N) is 2. The zero-order chi connectivity index (χ0) is 18.6. The van der Waals surface area contributed by atoms with Gasteiger partial charge in [-0.05, 0) is 55.9 Å². The molecule has 3 N–H and O–H groups in total. The van der Waals surface area contributed by atoms with Gasteiger partial charge in [-0.1, -0.05) is 13.8 Å². The van der Waals surface area contributed by atoms with Crippen molar-refractivity contribution in [2.75, 3.05) is 5.32 Å². The summed E-state index contributed by atoms with van der Waals surface area (Å²) in [7, 11) is 0. The van der Waals surface area contributed by atoms with Crippen molar-refractivity contribution in [3.8, 4) is 0 Å². The number of hydrogen-bond acceptors (Lipinski definition) is 3. The van der Waals surface area contributed by atoms with Crippen LogP contribution in [-0.2, 0) is 9.59 Å². The molecule has 0 aromatic heterocycles. The fourth-order valence-corrected chi connectivity index (χ4v) is 3.12. The predicted molar refractivity (Wildman–Crippen MR) is 95.5 cm³/mol. The number of carbonyl (C=O) groups is 3. The summed E-state index contributed by atoms with van der Waals surface area (Å²) in [6.07, 6.45) is 2.21. The second kappa shape index (κ2) is 8.14. The first kappa shape index (κ1) is 19.0. The van der Waals surface area contributed by atoms with Gasteiger partial charge in [-0.2, -0.15) is 0 Å². The number of carbonyl (C=O) groups excluding carboxylic acids is 2. The highest BCUT2D eigenvalue weighted by Gasteiger charge is 2.30. The van der Waals surface area contributed by atoms with Gasteiger partial charge in [0.05, 0.1) is 5.92 Å². The fourth-order valence-electron chi connectivity index (χ4n) is 3.12. The highest BCUT2D eigenvalue weighted by Crippen LogP contribution is 2.26. The van der Waals surface area contributed by atoms with Crippen LogP contribution in [-0.4, -0.2) is 28.9 Å². The highest BCUT2D eigenvalue weighted by atomic mass is 16.4. The monoisotopic (exact) mass is 346 g/mol. The van der Waals surface area contributed by atoms with Crippen molar-refractivity contribution in [3.05, 3.63) is 29.3 Å². The molecule has 0 unspecified atom stereocenters. The lowest BCUT2D eigenvalue weighted by molar-refractivity contribution is -0.141. The Morgan fingerprint density at radius 2 is 1.96 bits per heavy atom. The van der Waals surface area contributed by atoms with E-state index >= 15 is 0 Å². The molecule has 0 bridgehead atoms. The zero-order valence-corrected chi connectivity index (χ0v) is 15.0. The van der Waals surface area contributed by atoms with Crippen LogP contribution < -0.4 is 10.6 Å². The minimum absolute atomic E-state index is 0.0408. The Balaban J connectivity index is 1.96. The lowest BCUT2D eigenvalue weighted by atomic mass is 10.1. The SMILES string of the molecule is Cc1cc(C(=O)N[C@H]2CC[C@@H](C(=O)O)C2)ccc1NC(=O)CC(C)C. The molecule has 2 amide bonds. The second-order valence-corrected chi connectivity index (χ2v) is 7.19. The summed E-state index contributed by atoms with van der Waals surface area (Å²) in [4.78, 5) is 35.2. The van der Waals surface area contributed by atoms with Crippen molar-refractivity contribution in [3.63, 3.8) is 0 Å². The van der Waals surface area contributed by atoms with Gasteiger partial charge in [-0.15, -0.1) is 0 Å². The predicted octanol–water partition coefficient (Wildman–Crippen LogP) is 2.96. The van der Waals surface area contributed by atoms with Crippen LogP contribution in [0.1, 0.15) is 55.5 Å². The van der Waals surface area contributed by atoms with Gasteiger partial charge in [0.25, 0.3) is 5.91 Å². The van der Waals surface area contributed by atoms with E-state index in [-0.39, 0.29) is 29.7 Å². The van der Waals surface area contributed by atoms with Gasteiger partial charge in [0.15, 0.2) is 0 Å². The Morgan fingerprint density at radius 1 is 1.24 bits per heavy atom. The maximum absolute atomic E-state index is 12.4. The molecule has 136 valence electrons. The molecular formula is C19H26N2O4. The van der Waals surface area contributed by atoms with Gasteiger partial charge in [-0.25, -0.2) is 0 Å². The molecule has 6 nitrogen and oxygen atoms in total. The Labute approximate surface area is 148 Å². The van der Waals surface area contributed by atoms with Crippen molar-refractivity contribution >= 4 is 23.5 Å². The minimum Gasteiger partial charge on any atom is -0.481 e. The van der Waals surface area contributed by atoms with Gasteiger partial charge in [0, 0.05) is 23.7 Å². The summed E-state index contributed by atoms with van der Waals surface area (Å²) < 4.78 is 0. The molecule has 6 heteroatoms. The Kier molecular flexibility index (Phi) is 6.17. The first-order valence-electron chi connectivity index (χ1n) is 8.70. The fraction of sp³-hybridized carbons (Fsp3) is 0.526. The van der Waals surface area contributed by atoms with E-state index in [1.807, 2.05) is 20.8 Å². The van der Waals surface area contributed by atoms with E-state index in [0.29, 0.717) is 36.9 Å². The number of anilines is 1. The summed E-state index contributed by atoms with van der Waals surface area (Å²) >= 11 is 0. The normalized spacial score (nSPS) is 19.7. The van der Waals surface area contributed by atoms with Crippen molar-refractivity contribution in [2.24, 2.45) is 11.8 Å². The van der Waals surface area contributed by atoms with Gasteiger partial charge >= 0.3 is 5.97 Å². The average Bonchev–Trinajstić information content (AvgIpc) is 2.97. The molecule has 1 aliphatic carbocycles. The smallest absolute Gasteiger partial charge is 0.306 e. The van der Waals surface area contributed by atoms with Crippen molar-refractivity contribution < 1.29 is 19.5 Å². The van der Waals surface area contributed by atoms with Gasteiger partial charge < -0.3 is 15.7 Å². The summed E-state index contributed by atoms with van der Waals surface area (Å²) in [6, 6.07) is 5.05. The van der Waals surface area contributed by atoms with E-state index < -0.39 is 5.97 Å². The molecule has 1 aliphatic rings. The molecule has 1 fully saturated rings. The van der Waals surface area contributed by atoms with E-state index in [1.54, 1.807) is 18.2 Å². The molecule has 25 heavy (non-hydrogen) atoms. The maximum Gasteiger partial charge on any atom is 0.306 e. The van der Waals surface area contributed by atoms with Crippen LogP contribution in [0.25, 0.3) is 0 Å². The van der Waals surface area contributed by atoms with Crippen LogP contribution in [0.15, 0.2) is 18.2 Å². The van der Waals surface area contributed by atoms with E-state index in [9.17, 15) is 14.4 Å². The molecular weight excluding hydrogens is 320 g/mol. The zero-order valence-electron chi connectivity index (χ0n) is 15.0. The quantitative estimate of drug-likeness (QED) is 0.738. The number of aliphatic carboxylic acids is 1. The number of rotatable bonds is 6. The first-order valence-corrected chi connectivity index (χ1v) is 8.70. The number of hydrogen-bond donors (Lipinski definition) is 3. The molecule has 1 aromatic carbocycles. The molecule has 0 radical (unpaired) electrons. The third-order valence-corrected chi connectivity index (χ3v) is 4.47. The number of aryl methyl sites for hydroxylation is 1. The summed E-state index contributed by atoms with van der Waals surface area (Å²) in [5.41, 5.74) is 2.03.